The third kappa shape index (κ3) is 4.80. The summed E-state index contributed by atoms with van der Waals surface area (Å²) in [4.78, 5) is 0. The monoisotopic (exact) mass is 286 g/mol. The van der Waals surface area contributed by atoms with E-state index in [-0.39, 0.29) is 6.04 Å². The van der Waals surface area contributed by atoms with Gasteiger partial charge in [0, 0.05) is 29.6 Å². The van der Waals surface area contributed by atoms with Crippen LogP contribution in [0.3, 0.4) is 0 Å². The van der Waals surface area contributed by atoms with Crippen LogP contribution >= 0.6 is 11.6 Å². The van der Waals surface area contributed by atoms with Crippen molar-refractivity contribution in [2.45, 2.75) is 25.3 Å². The summed E-state index contributed by atoms with van der Waals surface area (Å²) in [7, 11) is 0. The lowest BCUT2D eigenvalue weighted by molar-refractivity contribution is 0.690. The van der Waals surface area contributed by atoms with E-state index in [9.17, 15) is 0 Å². The third-order valence-electron chi connectivity index (χ3n) is 3.18. The maximum atomic E-state index is 8.06. The fraction of sp³-hybridized carbons (Fsp3) is 0.235. The first kappa shape index (κ1) is 14.8. The fourth-order valence-corrected chi connectivity index (χ4v) is 2.35. The first-order valence-electron chi connectivity index (χ1n) is 6.74. The van der Waals surface area contributed by atoms with E-state index in [2.05, 4.69) is 0 Å². The lowest BCUT2D eigenvalue weighted by Gasteiger charge is -2.13. The molecule has 0 heterocycles. The average molecular weight is 287 g/mol. The molecule has 2 aromatic carbocycles. The van der Waals surface area contributed by atoms with Gasteiger partial charge in [-0.05, 0) is 29.7 Å². The van der Waals surface area contributed by atoms with Crippen molar-refractivity contribution in [3.8, 4) is 0 Å². The molecule has 104 valence electrons. The quantitative estimate of drug-likeness (QED) is 0.778. The van der Waals surface area contributed by atoms with Gasteiger partial charge in [-0.1, -0.05) is 54.1 Å². The van der Waals surface area contributed by atoms with Crippen LogP contribution < -0.4 is 5.73 Å². The molecule has 3 heteroatoms. The number of nitrogens with one attached hydrogen (secondary N) is 1. The Kier molecular flexibility index (Phi) is 5.33. The van der Waals surface area contributed by atoms with Gasteiger partial charge in [0.1, 0.15) is 0 Å². The Morgan fingerprint density at radius 3 is 2.30 bits per heavy atom. The van der Waals surface area contributed by atoms with Gasteiger partial charge in [-0.3, -0.25) is 0 Å². The molecule has 0 aliphatic carbocycles. The van der Waals surface area contributed by atoms with Gasteiger partial charge in [0.15, 0.2) is 0 Å². The highest BCUT2D eigenvalue weighted by atomic mass is 35.5. The molecule has 2 aromatic rings. The minimum atomic E-state index is -0.0209. The number of hydrogen-bond donors (Lipinski definition) is 2. The van der Waals surface area contributed by atoms with Crippen molar-refractivity contribution < 1.29 is 0 Å². The van der Waals surface area contributed by atoms with Crippen LogP contribution in [0.25, 0.3) is 0 Å². The molecule has 1 atom stereocenters. The summed E-state index contributed by atoms with van der Waals surface area (Å²) >= 11 is 5.86. The molecular formula is C17H19ClN2. The highest BCUT2D eigenvalue weighted by molar-refractivity contribution is 6.30. The number of benzene rings is 2. The smallest absolute Gasteiger partial charge is 0.0406 e. The van der Waals surface area contributed by atoms with Crippen molar-refractivity contribution in [3.05, 3.63) is 70.7 Å². The molecule has 3 N–H and O–H groups in total. The minimum absolute atomic E-state index is 0.0209. The van der Waals surface area contributed by atoms with E-state index in [1.54, 1.807) is 0 Å². The minimum Gasteiger partial charge on any atom is -0.327 e. The zero-order chi connectivity index (χ0) is 14.4. The molecule has 0 radical (unpaired) electrons. The van der Waals surface area contributed by atoms with Gasteiger partial charge in [-0.25, -0.2) is 0 Å². The standard InChI is InChI=1S/C17H19ClN2/c18-15-8-6-14(7-9-15)11-17(20)12-16(19)10-13-4-2-1-3-5-13/h1-9,17,19H,10-12,20H2. The van der Waals surface area contributed by atoms with Gasteiger partial charge in [-0.2, -0.15) is 0 Å². The first-order chi connectivity index (χ1) is 9.63. The van der Waals surface area contributed by atoms with Crippen LogP contribution in [0.15, 0.2) is 54.6 Å². The van der Waals surface area contributed by atoms with Gasteiger partial charge in [-0.15, -0.1) is 0 Å². The number of rotatable bonds is 6. The maximum absolute atomic E-state index is 8.06. The largest absolute Gasteiger partial charge is 0.327 e. The highest BCUT2D eigenvalue weighted by Gasteiger charge is 2.08. The summed E-state index contributed by atoms with van der Waals surface area (Å²) in [5, 5.41) is 8.79. The molecule has 20 heavy (non-hydrogen) atoms. The summed E-state index contributed by atoms with van der Waals surface area (Å²) in [6.07, 6.45) is 2.07. The van der Waals surface area contributed by atoms with Crippen LogP contribution in [0.1, 0.15) is 17.5 Å². The van der Waals surface area contributed by atoms with Crippen LogP contribution in [0.4, 0.5) is 0 Å². The van der Waals surface area contributed by atoms with Crippen molar-refractivity contribution >= 4 is 17.3 Å². The average Bonchev–Trinajstić information content (AvgIpc) is 2.42. The number of halogens is 1. The second-order valence-corrected chi connectivity index (χ2v) is 5.50. The van der Waals surface area contributed by atoms with Gasteiger partial charge >= 0.3 is 0 Å². The molecule has 0 aliphatic rings. The first-order valence-corrected chi connectivity index (χ1v) is 7.11. The molecule has 0 saturated heterocycles. The summed E-state index contributed by atoms with van der Waals surface area (Å²) in [6, 6.07) is 17.8. The third-order valence-corrected chi connectivity index (χ3v) is 3.43. The fourth-order valence-electron chi connectivity index (χ4n) is 2.23. The van der Waals surface area contributed by atoms with Crippen molar-refractivity contribution in [3.63, 3.8) is 0 Å². The van der Waals surface area contributed by atoms with Gasteiger partial charge in [0.2, 0.25) is 0 Å². The summed E-state index contributed by atoms with van der Waals surface area (Å²) in [6.45, 7) is 0. The van der Waals surface area contributed by atoms with Crippen molar-refractivity contribution in [2.24, 2.45) is 5.73 Å². The number of hydrogen-bond acceptors (Lipinski definition) is 2. The Bertz CT molecular complexity index is 549. The normalized spacial score (nSPS) is 12.1. The Hall–Kier alpha value is -1.64. The van der Waals surface area contributed by atoms with E-state index < -0.39 is 0 Å². The van der Waals surface area contributed by atoms with E-state index >= 15 is 0 Å². The molecule has 2 rings (SSSR count). The Morgan fingerprint density at radius 2 is 1.65 bits per heavy atom. The second kappa shape index (κ2) is 7.22. The van der Waals surface area contributed by atoms with Crippen LogP contribution in [-0.2, 0) is 12.8 Å². The maximum Gasteiger partial charge on any atom is 0.0406 e. The molecule has 0 bridgehead atoms. The molecule has 0 spiro atoms. The lowest BCUT2D eigenvalue weighted by Crippen LogP contribution is -2.26. The lowest BCUT2D eigenvalue weighted by atomic mass is 9.98. The predicted octanol–water partition coefficient (Wildman–Crippen LogP) is 3.86. The molecule has 0 fully saturated rings. The summed E-state index contributed by atoms with van der Waals surface area (Å²) in [5.74, 6) is 0. The topological polar surface area (TPSA) is 49.9 Å². The Morgan fingerprint density at radius 1 is 1.00 bits per heavy atom. The van der Waals surface area contributed by atoms with Crippen molar-refractivity contribution in [1.29, 1.82) is 5.41 Å². The SMILES string of the molecule is N=C(Cc1ccccc1)CC(N)Cc1ccc(Cl)cc1. The van der Waals surface area contributed by atoms with E-state index in [1.807, 2.05) is 54.6 Å². The molecule has 0 amide bonds. The van der Waals surface area contributed by atoms with Crippen LogP contribution in [0.5, 0.6) is 0 Å². The predicted molar refractivity (Wildman–Crippen MR) is 85.6 cm³/mol. The molecule has 0 aliphatic heterocycles. The Balaban J connectivity index is 1.83. The van der Waals surface area contributed by atoms with Crippen molar-refractivity contribution in [2.75, 3.05) is 0 Å². The van der Waals surface area contributed by atoms with E-state index in [4.69, 9.17) is 22.7 Å². The van der Waals surface area contributed by atoms with E-state index in [0.717, 1.165) is 22.6 Å². The zero-order valence-electron chi connectivity index (χ0n) is 11.4. The van der Waals surface area contributed by atoms with Gasteiger partial charge in [0.05, 0.1) is 0 Å². The van der Waals surface area contributed by atoms with E-state index in [1.165, 1.54) is 0 Å². The highest BCUT2D eigenvalue weighted by Crippen LogP contribution is 2.12. The Labute approximate surface area is 125 Å². The van der Waals surface area contributed by atoms with Gasteiger partial charge < -0.3 is 11.1 Å². The summed E-state index contributed by atoms with van der Waals surface area (Å²) in [5.41, 5.74) is 9.13. The van der Waals surface area contributed by atoms with Crippen LogP contribution in [0, 0.1) is 5.41 Å². The van der Waals surface area contributed by atoms with E-state index in [0.29, 0.717) is 18.6 Å². The second-order valence-electron chi connectivity index (χ2n) is 5.06. The number of nitrogens with two attached hydrogens (primary N) is 1. The molecule has 0 aromatic heterocycles. The van der Waals surface area contributed by atoms with Crippen LogP contribution in [-0.4, -0.2) is 11.8 Å². The molecule has 1 unspecified atom stereocenters. The molecular weight excluding hydrogens is 268 g/mol. The zero-order valence-corrected chi connectivity index (χ0v) is 12.1. The molecule has 2 nitrogen and oxygen atoms in total. The summed E-state index contributed by atoms with van der Waals surface area (Å²) < 4.78 is 0. The van der Waals surface area contributed by atoms with Gasteiger partial charge in [0.25, 0.3) is 0 Å². The van der Waals surface area contributed by atoms with Crippen molar-refractivity contribution in [1.82, 2.24) is 0 Å². The molecule has 0 saturated carbocycles. The van der Waals surface area contributed by atoms with Crippen LogP contribution in [0.2, 0.25) is 5.02 Å².